The molecule has 0 radical (unpaired) electrons. The van der Waals surface area contributed by atoms with E-state index in [-0.39, 0.29) is 12.5 Å². The molecule has 0 aliphatic heterocycles. The lowest BCUT2D eigenvalue weighted by molar-refractivity contribution is 0.0945. The van der Waals surface area contributed by atoms with Gasteiger partial charge >= 0.3 is 0 Å². The number of aliphatic hydroxyl groups is 1. The van der Waals surface area contributed by atoms with Crippen LogP contribution in [-0.2, 0) is 13.2 Å². The molecule has 1 amide bonds. The lowest BCUT2D eigenvalue weighted by Gasteiger charge is -2.08. The Hall–Kier alpha value is -3.12. The Labute approximate surface area is 145 Å². The Bertz CT molecular complexity index is 874. The molecule has 0 bridgehead atoms. The van der Waals surface area contributed by atoms with E-state index < -0.39 is 0 Å². The molecular formula is C19H19N3O3. The number of aromatic amines is 1. The predicted molar refractivity (Wildman–Crippen MR) is 94.1 cm³/mol. The van der Waals surface area contributed by atoms with Crippen molar-refractivity contribution in [2.75, 3.05) is 7.11 Å². The molecule has 0 saturated carbocycles. The van der Waals surface area contributed by atoms with Crippen molar-refractivity contribution in [1.29, 1.82) is 0 Å². The molecule has 0 unspecified atom stereocenters. The van der Waals surface area contributed by atoms with Crippen LogP contribution in [0.15, 0.2) is 54.6 Å². The Kier molecular flexibility index (Phi) is 5.11. The van der Waals surface area contributed by atoms with Crippen LogP contribution in [0.5, 0.6) is 5.75 Å². The summed E-state index contributed by atoms with van der Waals surface area (Å²) in [6.07, 6.45) is 0. The third kappa shape index (κ3) is 3.87. The standard InChI is InChI=1S/C19H19N3O3/c1-25-16-8-4-7-13(9-16)17-10-18(22-21-17)19(24)20-11-14-5-2-3-6-15(14)12-23/h2-10,23H,11-12H2,1H3,(H,20,24)(H,21,22). The van der Waals surface area contributed by atoms with E-state index in [1.54, 1.807) is 13.2 Å². The molecule has 1 heterocycles. The number of carbonyl (C=O) groups is 1. The van der Waals surface area contributed by atoms with Gasteiger partial charge in [-0.2, -0.15) is 5.10 Å². The highest BCUT2D eigenvalue weighted by molar-refractivity contribution is 5.93. The van der Waals surface area contributed by atoms with Crippen LogP contribution in [0.4, 0.5) is 0 Å². The molecule has 2 aromatic carbocycles. The highest BCUT2D eigenvalue weighted by Crippen LogP contribution is 2.22. The van der Waals surface area contributed by atoms with Crippen LogP contribution >= 0.6 is 0 Å². The first kappa shape index (κ1) is 16.7. The number of nitrogens with one attached hydrogen (secondary N) is 2. The maximum Gasteiger partial charge on any atom is 0.269 e. The van der Waals surface area contributed by atoms with Crippen LogP contribution in [0.25, 0.3) is 11.3 Å². The summed E-state index contributed by atoms with van der Waals surface area (Å²) in [5, 5.41) is 19.1. The zero-order valence-corrected chi connectivity index (χ0v) is 13.8. The van der Waals surface area contributed by atoms with Crippen LogP contribution in [0.2, 0.25) is 0 Å². The molecule has 6 nitrogen and oxygen atoms in total. The minimum atomic E-state index is -0.255. The van der Waals surface area contributed by atoms with Crippen molar-refractivity contribution in [2.24, 2.45) is 0 Å². The largest absolute Gasteiger partial charge is 0.497 e. The number of benzene rings is 2. The fraction of sp³-hybridized carbons (Fsp3) is 0.158. The van der Waals surface area contributed by atoms with Gasteiger partial charge in [-0.25, -0.2) is 0 Å². The first-order valence-corrected chi connectivity index (χ1v) is 7.87. The van der Waals surface area contributed by atoms with Crippen molar-refractivity contribution in [3.8, 4) is 17.0 Å². The first-order valence-electron chi connectivity index (χ1n) is 7.87. The minimum absolute atomic E-state index is 0.0594. The molecule has 3 aromatic rings. The molecule has 3 rings (SSSR count). The summed E-state index contributed by atoms with van der Waals surface area (Å²) in [5.41, 5.74) is 3.58. The van der Waals surface area contributed by atoms with Gasteiger partial charge in [-0.1, -0.05) is 36.4 Å². The van der Waals surface area contributed by atoms with Crippen molar-refractivity contribution in [1.82, 2.24) is 15.5 Å². The Balaban J connectivity index is 1.70. The number of methoxy groups -OCH3 is 1. The number of ether oxygens (including phenoxy) is 1. The highest BCUT2D eigenvalue weighted by Gasteiger charge is 2.12. The van der Waals surface area contributed by atoms with Crippen molar-refractivity contribution in [3.05, 3.63) is 71.4 Å². The van der Waals surface area contributed by atoms with E-state index in [0.717, 1.165) is 22.4 Å². The summed E-state index contributed by atoms with van der Waals surface area (Å²) in [6.45, 7) is 0.277. The van der Waals surface area contributed by atoms with Gasteiger partial charge < -0.3 is 15.2 Å². The van der Waals surface area contributed by atoms with Gasteiger partial charge in [-0.3, -0.25) is 9.89 Å². The number of H-pyrrole nitrogens is 1. The number of aliphatic hydroxyl groups excluding tert-OH is 1. The summed E-state index contributed by atoms with van der Waals surface area (Å²) in [5.74, 6) is 0.474. The minimum Gasteiger partial charge on any atom is -0.497 e. The average Bonchev–Trinajstić information content (AvgIpc) is 3.16. The molecular weight excluding hydrogens is 318 g/mol. The summed E-state index contributed by atoms with van der Waals surface area (Å²) >= 11 is 0. The van der Waals surface area contributed by atoms with Crippen molar-refractivity contribution >= 4 is 5.91 Å². The average molecular weight is 337 g/mol. The molecule has 6 heteroatoms. The van der Waals surface area contributed by atoms with E-state index in [4.69, 9.17) is 4.74 Å². The highest BCUT2D eigenvalue weighted by atomic mass is 16.5. The van der Waals surface area contributed by atoms with Gasteiger partial charge in [0.15, 0.2) is 0 Å². The van der Waals surface area contributed by atoms with Crippen molar-refractivity contribution in [2.45, 2.75) is 13.2 Å². The summed E-state index contributed by atoms with van der Waals surface area (Å²) in [6, 6.07) is 16.6. The zero-order chi connectivity index (χ0) is 17.6. The first-order chi connectivity index (χ1) is 12.2. The molecule has 1 aromatic heterocycles. The molecule has 0 atom stereocenters. The lowest BCUT2D eigenvalue weighted by Crippen LogP contribution is -2.23. The van der Waals surface area contributed by atoms with Crippen LogP contribution in [0.3, 0.4) is 0 Å². The van der Waals surface area contributed by atoms with Gasteiger partial charge in [0, 0.05) is 12.1 Å². The second kappa shape index (κ2) is 7.63. The molecule has 0 fully saturated rings. The number of carbonyl (C=O) groups excluding carboxylic acids is 1. The van der Waals surface area contributed by atoms with E-state index in [1.807, 2.05) is 48.5 Å². The van der Waals surface area contributed by atoms with Crippen LogP contribution in [0.1, 0.15) is 21.6 Å². The van der Waals surface area contributed by atoms with E-state index in [2.05, 4.69) is 15.5 Å². The summed E-state index contributed by atoms with van der Waals surface area (Å²) < 4.78 is 5.20. The number of rotatable bonds is 6. The maximum absolute atomic E-state index is 12.3. The number of hydrogen-bond donors (Lipinski definition) is 3. The molecule has 25 heavy (non-hydrogen) atoms. The third-order valence-electron chi connectivity index (χ3n) is 3.92. The monoisotopic (exact) mass is 337 g/mol. The molecule has 0 aliphatic rings. The smallest absolute Gasteiger partial charge is 0.269 e. The second-order valence-corrected chi connectivity index (χ2v) is 5.51. The summed E-state index contributed by atoms with van der Waals surface area (Å²) in [7, 11) is 1.60. The topological polar surface area (TPSA) is 87.2 Å². The Morgan fingerprint density at radius 2 is 1.96 bits per heavy atom. The molecule has 128 valence electrons. The molecule has 3 N–H and O–H groups in total. The molecule has 0 spiro atoms. The van der Waals surface area contributed by atoms with Gasteiger partial charge in [0.25, 0.3) is 5.91 Å². The van der Waals surface area contributed by atoms with Gasteiger partial charge in [0.2, 0.25) is 0 Å². The lowest BCUT2D eigenvalue weighted by atomic mass is 10.1. The quantitative estimate of drug-likeness (QED) is 0.645. The number of nitrogens with zero attached hydrogens (tertiary/aromatic N) is 1. The fourth-order valence-corrected chi connectivity index (χ4v) is 2.52. The second-order valence-electron chi connectivity index (χ2n) is 5.51. The van der Waals surface area contributed by atoms with E-state index in [1.165, 1.54) is 0 Å². The molecule has 0 saturated heterocycles. The van der Waals surface area contributed by atoms with E-state index in [9.17, 15) is 9.90 Å². The number of aromatic nitrogens is 2. The fourth-order valence-electron chi connectivity index (χ4n) is 2.52. The summed E-state index contributed by atoms with van der Waals surface area (Å²) in [4.78, 5) is 12.3. The Morgan fingerprint density at radius 1 is 1.16 bits per heavy atom. The number of amides is 1. The third-order valence-corrected chi connectivity index (χ3v) is 3.92. The number of hydrogen-bond acceptors (Lipinski definition) is 4. The molecule has 0 aliphatic carbocycles. The Morgan fingerprint density at radius 3 is 2.72 bits per heavy atom. The van der Waals surface area contributed by atoms with Gasteiger partial charge in [0.05, 0.1) is 19.4 Å². The maximum atomic E-state index is 12.3. The van der Waals surface area contributed by atoms with Crippen molar-refractivity contribution in [3.63, 3.8) is 0 Å². The van der Waals surface area contributed by atoms with Gasteiger partial charge in [-0.15, -0.1) is 0 Å². The normalized spacial score (nSPS) is 10.5. The van der Waals surface area contributed by atoms with Gasteiger partial charge in [-0.05, 0) is 29.3 Å². The van der Waals surface area contributed by atoms with E-state index >= 15 is 0 Å². The van der Waals surface area contributed by atoms with E-state index in [0.29, 0.717) is 17.9 Å². The zero-order valence-electron chi connectivity index (χ0n) is 13.8. The SMILES string of the molecule is COc1cccc(-c2cc(C(=O)NCc3ccccc3CO)[nH]n2)c1. The van der Waals surface area contributed by atoms with Crippen LogP contribution < -0.4 is 10.1 Å². The van der Waals surface area contributed by atoms with Crippen LogP contribution in [0, 0.1) is 0 Å². The van der Waals surface area contributed by atoms with Gasteiger partial charge in [0.1, 0.15) is 11.4 Å². The van der Waals surface area contributed by atoms with Crippen molar-refractivity contribution < 1.29 is 14.6 Å². The predicted octanol–water partition coefficient (Wildman–Crippen LogP) is 2.51. The van der Waals surface area contributed by atoms with Crippen LogP contribution in [-0.4, -0.2) is 28.3 Å².